The van der Waals surface area contributed by atoms with Gasteiger partial charge in [-0.3, -0.25) is 4.79 Å². The fraction of sp³-hybridized carbons (Fsp3) is 0.429. The molecule has 1 aromatic carbocycles. The normalized spacial score (nSPS) is 22.3. The van der Waals surface area contributed by atoms with E-state index in [9.17, 15) is 14.0 Å². The Morgan fingerprint density at radius 1 is 1.25 bits per heavy atom. The summed E-state index contributed by atoms with van der Waals surface area (Å²) in [5.41, 5.74) is 5.65. The minimum Gasteiger partial charge on any atom is -0.478 e. The molecule has 1 amide bonds. The molecule has 5 nitrogen and oxygen atoms in total. The number of aromatic carboxylic acids is 1. The van der Waals surface area contributed by atoms with Crippen molar-refractivity contribution >= 4 is 17.6 Å². The van der Waals surface area contributed by atoms with Crippen molar-refractivity contribution in [2.75, 3.05) is 5.32 Å². The molecule has 0 aliphatic heterocycles. The Balaban J connectivity index is 2.11. The van der Waals surface area contributed by atoms with E-state index in [1.54, 1.807) is 0 Å². The van der Waals surface area contributed by atoms with Gasteiger partial charge in [-0.25, -0.2) is 9.18 Å². The van der Waals surface area contributed by atoms with E-state index in [0.29, 0.717) is 12.8 Å². The standard InChI is InChI=1S/C14H17FN2O3/c15-9-3-6-11(14(19)20)12(7-9)17-13(18)8-1-4-10(16)5-2-8/h3,6-8,10H,1-2,4-5,16H2,(H,17,18)(H,19,20). The van der Waals surface area contributed by atoms with E-state index in [0.717, 1.165) is 31.0 Å². The Hall–Kier alpha value is -1.95. The maximum atomic E-state index is 13.2. The number of nitrogens with two attached hydrogens (primary N) is 1. The number of hydrogen-bond donors (Lipinski definition) is 3. The molecule has 1 aliphatic rings. The first kappa shape index (κ1) is 14.5. The molecule has 0 unspecified atom stereocenters. The zero-order valence-corrected chi connectivity index (χ0v) is 10.9. The van der Waals surface area contributed by atoms with Crippen molar-refractivity contribution in [3.05, 3.63) is 29.6 Å². The minimum absolute atomic E-state index is 0.00243. The van der Waals surface area contributed by atoms with Gasteiger partial charge in [0.15, 0.2) is 0 Å². The highest BCUT2D eigenvalue weighted by molar-refractivity contribution is 6.01. The van der Waals surface area contributed by atoms with Crippen molar-refractivity contribution in [2.24, 2.45) is 11.7 Å². The molecule has 0 spiro atoms. The zero-order chi connectivity index (χ0) is 14.7. The molecule has 0 saturated heterocycles. The minimum atomic E-state index is -1.20. The fourth-order valence-corrected chi connectivity index (χ4v) is 2.42. The van der Waals surface area contributed by atoms with E-state index in [4.69, 9.17) is 10.8 Å². The molecule has 0 aromatic heterocycles. The van der Waals surface area contributed by atoms with Crippen molar-refractivity contribution in [3.63, 3.8) is 0 Å². The first-order valence-corrected chi connectivity index (χ1v) is 6.56. The van der Waals surface area contributed by atoms with Gasteiger partial charge in [0, 0.05) is 12.0 Å². The third-order valence-corrected chi connectivity index (χ3v) is 3.61. The SMILES string of the molecule is NC1CCC(C(=O)Nc2cc(F)ccc2C(=O)O)CC1. The summed E-state index contributed by atoms with van der Waals surface area (Å²) in [7, 11) is 0. The molecule has 0 heterocycles. The number of carbonyl (C=O) groups excluding carboxylic acids is 1. The number of anilines is 1. The van der Waals surface area contributed by atoms with Gasteiger partial charge >= 0.3 is 5.97 Å². The predicted molar refractivity (Wildman–Crippen MR) is 71.9 cm³/mol. The van der Waals surface area contributed by atoms with Crippen LogP contribution in [0, 0.1) is 11.7 Å². The van der Waals surface area contributed by atoms with Crippen molar-refractivity contribution in [3.8, 4) is 0 Å². The third kappa shape index (κ3) is 3.33. The lowest BCUT2D eigenvalue weighted by molar-refractivity contribution is -0.120. The zero-order valence-electron chi connectivity index (χ0n) is 10.9. The Kier molecular flexibility index (Phi) is 4.34. The smallest absolute Gasteiger partial charge is 0.337 e. The van der Waals surface area contributed by atoms with Gasteiger partial charge < -0.3 is 16.2 Å². The van der Waals surface area contributed by atoms with Crippen LogP contribution in [0.15, 0.2) is 18.2 Å². The van der Waals surface area contributed by atoms with Crippen LogP contribution < -0.4 is 11.1 Å². The number of carboxylic acids is 1. The number of halogens is 1. The third-order valence-electron chi connectivity index (χ3n) is 3.61. The fourth-order valence-electron chi connectivity index (χ4n) is 2.42. The van der Waals surface area contributed by atoms with E-state index in [-0.39, 0.29) is 29.1 Å². The second-order valence-corrected chi connectivity index (χ2v) is 5.10. The molecule has 1 saturated carbocycles. The number of hydrogen-bond acceptors (Lipinski definition) is 3. The van der Waals surface area contributed by atoms with Crippen LogP contribution >= 0.6 is 0 Å². The van der Waals surface area contributed by atoms with E-state index < -0.39 is 11.8 Å². The quantitative estimate of drug-likeness (QED) is 0.789. The molecule has 1 aliphatic carbocycles. The van der Waals surface area contributed by atoms with Gasteiger partial charge in [0.2, 0.25) is 5.91 Å². The Morgan fingerprint density at radius 2 is 1.90 bits per heavy atom. The van der Waals surface area contributed by atoms with Crippen LogP contribution in [0.3, 0.4) is 0 Å². The molecule has 0 bridgehead atoms. The molecule has 1 aromatic rings. The summed E-state index contributed by atoms with van der Waals surface area (Å²) >= 11 is 0. The van der Waals surface area contributed by atoms with Gasteiger partial charge in [-0.2, -0.15) is 0 Å². The Bertz CT molecular complexity index is 525. The summed E-state index contributed by atoms with van der Waals surface area (Å²) in [5.74, 6) is -2.26. The number of amides is 1. The lowest BCUT2D eigenvalue weighted by Gasteiger charge is -2.25. The van der Waals surface area contributed by atoms with Crippen molar-refractivity contribution in [1.82, 2.24) is 0 Å². The van der Waals surface area contributed by atoms with Crippen molar-refractivity contribution < 1.29 is 19.1 Å². The molecular weight excluding hydrogens is 263 g/mol. The largest absolute Gasteiger partial charge is 0.478 e. The first-order valence-electron chi connectivity index (χ1n) is 6.56. The summed E-state index contributed by atoms with van der Waals surface area (Å²) in [5, 5.41) is 11.5. The average molecular weight is 280 g/mol. The summed E-state index contributed by atoms with van der Waals surface area (Å²) in [4.78, 5) is 23.1. The number of carbonyl (C=O) groups is 2. The molecule has 0 radical (unpaired) electrons. The molecule has 2 rings (SSSR count). The maximum Gasteiger partial charge on any atom is 0.337 e. The van der Waals surface area contributed by atoms with Gasteiger partial charge in [0.1, 0.15) is 5.82 Å². The average Bonchev–Trinajstić information content (AvgIpc) is 2.39. The van der Waals surface area contributed by atoms with E-state index in [2.05, 4.69) is 5.32 Å². The van der Waals surface area contributed by atoms with Crippen LogP contribution in [0.5, 0.6) is 0 Å². The molecule has 20 heavy (non-hydrogen) atoms. The maximum absolute atomic E-state index is 13.2. The van der Waals surface area contributed by atoms with Gasteiger partial charge in [0.05, 0.1) is 11.3 Å². The van der Waals surface area contributed by atoms with E-state index in [1.807, 2.05) is 0 Å². The van der Waals surface area contributed by atoms with Crippen LogP contribution in [-0.4, -0.2) is 23.0 Å². The summed E-state index contributed by atoms with van der Waals surface area (Å²) in [6, 6.07) is 3.35. The van der Waals surface area contributed by atoms with Crippen LogP contribution in [0.2, 0.25) is 0 Å². The second-order valence-electron chi connectivity index (χ2n) is 5.10. The molecular formula is C14H17FN2O3. The van der Waals surface area contributed by atoms with Gasteiger partial charge in [-0.1, -0.05) is 0 Å². The number of rotatable bonds is 3. The molecule has 0 atom stereocenters. The van der Waals surface area contributed by atoms with Gasteiger partial charge in [-0.05, 0) is 43.9 Å². The van der Waals surface area contributed by atoms with E-state index in [1.165, 1.54) is 0 Å². The van der Waals surface area contributed by atoms with Crippen LogP contribution in [-0.2, 0) is 4.79 Å². The molecule has 108 valence electrons. The predicted octanol–water partition coefficient (Wildman–Crippen LogP) is 1.98. The monoisotopic (exact) mass is 280 g/mol. The van der Waals surface area contributed by atoms with Crippen LogP contribution in [0.25, 0.3) is 0 Å². The lowest BCUT2D eigenvalue weighted by Crippen LogP contribution is -2.32. The summed E-state index contributed by atoms with van der Waals surface area (Å²) in [6.07, 6.45) is 2.88. The van der Waals surface area contributed by atoms with Crippen molar-refractivity contribution in [1.29, 1.82) is 0 Å². The van der Waals surface area contributed by atoms with Gasteiger partial charge in [-0.15, -0.1) is 0 Å². The summed E-state index contributed by atoms with van der Waals surface area (Å²) < 4.78 is 13.2. The van der Waals surface area contributed by atoms with Crippen LogP contribution in [0.4, 0.5) is 10.1 Å². The molecule has 4 N–H and O–H groups in total. The van der Waals surface area contributed by atoms with Crippen LogP contribution in [0.1, 0.15) is 36.0 Å². The Labute approximate surface area is 116 Å². The molecule has 6 heteroatoms. The Morgan fingerprint density at radius 3 is 2.50 bits per heavy atom. The highest BCUT2D eigenvalue weighted by Gasteiger charge is 2.25. The number of carboxylic acid groups (broad SMARTS) is 1. The lowest BCUT2D eigenvalue weighted by atomic mass is 9.86. The summed E-state index contributed by atoms with van der Waals surface area (Å²) in [6.45, 7) is 0. The number of benzene rings is 1. The first-order chi connectivity index (χ1) is 9.47. The number of nitrogens with one attached hydrogen (secondary N) is 1. The van der Waals surface area contributed by atoms with Gasteiger partial charge in [0.25, 0.3) is 0 Å². The second kappa shape index (κ2) is 6.00. The van der Waals surface area contributed by atoms with E-state index >= 15 is 0 Å². The highest BCUT2D eigenvalue weighted by Crippen LogP contribution is 2.25. The molecule has 1 fully saturated rings. The highest BCUT2D eigenvalue weighted by atomic mass is 19.1. The topological polar surface area (TPSA) is 92.4 Å². The van der Waals surface area contributed by atoms with Crippen molar-refractivity contribution in [2.45, 2.75) is 31.7 Å².